The van der Waals surface area contributed by atoms with Crippen LogP contribution in [0.4, 0.5) is 15.8 Å². The number of thioether (sulfide) groups is 1. The van der Waals surface area contributed by atoms with Crippen LogP contribution in [-0.2, 0) is 9.53 Å². The number of ether oxygens (including phenoxy) is 1. The van der Waals surface area contributed by atoms with E-state index in [1.807, 2.05) is 29.2 Å². The third-order valence-electron chi connectivity index (χ3n) is 4.18. The second-order valence-corrected chi connectivity index (χ2v) is 8.30. The van der Waals surface area contributed by atoms with Crippen molar-refractivity contribution in [3.63, 3.8) is 0 Å². The number of anilines is 2. The molecule has 1 aliphatic heterocycles. The number of carbonyl (C=O) groups is 1. The smallest absolute Gasteiger partial charge is 0.234 e. The molecule has 1 aliphatic rings. The Bertz CT molecular complexity index is 924. The third-order valence-corrected chi connectivity index (χ3v) is 6.36. The summed E-state index contributed by atoms with van der Waals surface area (Å²) in [6.07, 6.45) is 0. The van der Waals surface area contributed by atoms with E-state index in [-0.39, 0.29) is 17.5 Å². The Morgan fingerprint density at radius 2 is 2.07 bits per heavy atom. The predicted octanol–water partition coefficient (Wildman–Crippen LogP) is 4.00. The van der Waals surface area contributed by atoms with Gasteiger partial charge in [0.05, 0.1) is 34.9 Å². The summed E-state index contributed by atoms with van der Waals surface area (Å²) in [4.78, 5) is 18.6. The zero-order valence-electron chi connectivity index (χ0n) is 14.5. The lowest BCUT2D eigenvalue weighted by Crippen LogP contribution is -2.36. The van der Waals surface area contributed by atoms with Gasteiger partial charge < -0.3 is 15.0 Å². The Balaban J connectivity index is 1.35. The second-order valence-electron chi connectivity index (χ2n) is 6.05. The summed E-state index contributed by atoms with van der Waals surface area (Å²) in [5.41, 5.74) is 1.94. The molecule has 1 aromatic heterocycles. The average Bonchev–Trinajstić information content (AvgIpc) is 3.10. The van der Waals surface area contributed by atoms with Crippen molar-refractivity contribution in [1.29, 1.82) is 0 Å². The minimum Gasteiger partial charge on any atom is -0.378 e. The van der Waals surface area contributed by atoms with Gasteiger partial charge in [0.1, 0.15) is 5.82 Å². The van der Waals surface area contributed by atoms with Gasteiger partial charge in [-0.05, 0) is 30.3 Å². The Hall–Kier alpha value is -2.16. The zero-order valence-corrected chi connectivity index (χ0v) is 16.1. The molecule has 8 heteroatoms. The van der Waals surface area contributed by atoms with E-state index >= 15 is 0 Å². The Kier molecular flexibility index (Phi) is 5.56. The van der Waals surface area contributed by atoms with Crippen LogP contribution in [0.25, 0.3) is 10.2 Å². The van der Waals surface area contributed by atoms with Crippen molar-refractivity contribution in [3.05, 3.63) is 48.3 Å². The predicted molar refractivity (Wildman–Crippen MR) is 108 cm³/mol. The number of thiazole rings is 1. The molecule has 3 aromatic rings. The minimum atomic E-state index is -0.339. The number of para-hydroxylation sites is 1. The molecule has 0 bridgehead atoms. The molecule has 1 saturated heterocycles. The highest BCUT2D eigenvalue weighted by Crippen LogP contribution is 2.29. The number of rotatable bonds is 5. The fourth-order valence-corrected chi connectivity index (χ4v) is 4.75. The van der Waals surface area contributed by atoms with Crippen LogP contribution in [-0.4, -0.2) is 42.9 Å². The summed E-state index contributed by atoms with van der Waals surface area (Å²) in [6.45, 7) is 2.53. The van der Waals surface area contributed by atoms with Crippen molar-refractivity contribution in [2.24, 2.45) is 0 Å². The molecule has 140 valence electrons. The van der Waals surface area contributed by atoms with Crippen molar-refractivity contribution in [1.82, 2.24) is 4.98 Å². The Morgan fingerprint density at radius 1 is 1.26 bits per heavy atom. The normalized spacial score (nSPS) is 14.5. The van der Waals surface area contributed by atoms with Gasteiger partial charge in [0.25, 0.3) is 0 Å². The number of morpholine rings is 1. The molecular weight excluding hydrogens is 385 g/mol. The number of nitrogens with one attached hydrogen (secondary N) is 1. The monoisotopic (exact) mass is 403 g/mol. The molecule has 5 nitrogen and oxygen atoms in total. The van der Waals surface area contributed by atoms with E-state index in [0.717, 1.165) is 14.6 Å². The molecule has 0 atom stereocenters. The first-order chi connectivity index (χ1) is 13.2. The van der Waals surface area contributed by atoms with Gasteiger partial charge in [-0.15, -0.1) is 11.3 Å². The number of aromatic nitrogens is 1. The first-order valence-corrected chi connectivity index (χ1v) is 10.4. The van der Waals surface area contributed by atoms with Crippen LogP contribution >= 0.6 is 23.1 Å². The fraction of sp³-hybridized carbons (Fsp3) is 0.263. The maximum absolute atomic E-state index is 14.4. The van der Waals surface area contributed by atoms with E-state index in [9.17, 15) is 9.18 Å². The summed E-state index contributed by atoms with van der Waals surface area (Å²) in [6, 6.07) is 12.7. The zero-order chi connectivity index (χ0) is 18.6. The van der Waals surface area contributed by atoms with Gasteiger partial charge >= 0.3 is 0 Å². The summed E-state index contributed by atoms with van der Waals surface area (Å²) >= 11 is 2.94. The first kappa shape index (κ1) is 18.2. The van der Waals surface area contributed by atoms with Gasteiger partial charge in [-0.1, -0.05) is 23.9 Å². The summed E-state index contributed by atoms with van der Waals surface area (Å²) in [5, 5.41) is 2.75. The molecule has 4 rings (SSSR count). The number of nitrogens with zero attached hydrogens (tertiary/aromatic N) is 2. The average molecular weight is 404 g/mol. The van der Waals surface area contributed by atoms with Gasteiger partial charge in [-0.25, -0.2) is 9.37 Å². The van der Waals surface area contributed by atoms with Crippen molar-refractivity contribution in [2.75, 3.05) is 42.3 Å². The lowest BCUT2D eigenvalue weighted by atomic mass is 10.2. The SMILES string of the molecule is O=C(CSc1nc2ccccc2s1)Nc1ccc(N2CCOCC2)c(F)c1. The molecular formula is C19H18FN3O2S2. The lowest BCUT2D eigenvalue weighted by molar-refractivity contribution is -0.113. The molecule has 1 N–H and O–H groups in total. The highest BCUT2D eigenvalue weighted by Gasteiger charge is 2.16. The van der Waals surface area contributed by atoms with E-state index in [4.69, 9.17) is 4.74 Å². The molecule has 27 heavy (non-hydrogen) atoms. The molecule has 0 aliphatic carbocycles. The summed E-state index contributed by atoms with van der Waals surface area (Å²) in [7, 11) is 0. The number of halogens is 1. The highest BCUT2D eigenvalue weighted by molar-refractivity contribution is 8.01. The standard InChI is InChI=1S/C19H18FN3O2S2/c20-14-11-13(5-6-16(14)23-7-9-25-10-8-23)21-18(24)12-26-19-22-15-3-1-2-4-17(15)27-19/h1-6,11H,7-10,12H2,(H,21,24). The molecule has 0 radical (unpaired) electrons. The van der Waals surface area contributed by atoms with Gasteiger partial charge in [0.15, 0.2) is 4.34 Å². The second kappa shape index (κ2) is 8.24. The van der Waals surface area contributed by atoms with E-state index in [1.165, 1.54) is 17.8 Å². The number of amides is 1. The van der Waals surface area contributed by atoms with E-state index in [2.05, 4.69) is 10.3 Å². The fourth-order valence-electron chi connectivity index (χ4n) is 2.88. The largest absolute Gasteiger partial charge is 0.378 e. The first-order valence-electron chi connectivity index (χ1n) is 8.59. The summed E-state index contributed by atoms with van der Waals surface area (Å²) in [5.74, 6) is -0.293. The maximum Gasteiger partial charge on any atom is 0.234 e. The van der Waals surface area contributed by atoms with Crippen LogP contribution in [0.15, 0.2) is 46.8 Å². The van der Waals surface area contributed by atoms with Crippen LogP contribution in [0, 0.1) is 5.82 Å². The van der Waals surface area contributed by atoms with Crippen LogP contribution in [0.5, 0.6) is 0 Å². The number of hydrogen-bond acceptors (Lipinski definition) is 6. The minimum absolute atomic E-state index is 0.183. The molecule has 0 spiro atoms. The molecule has 0 unspecified atom stereocenters. The topological polar surface area (TPSA) is 54.5 Å². The molecule has 1 fully saturated rings. The Morgan fingerprint density at radius 3 is 2.85 bits per heavy atom. The lowest BCUT2D eigenvalue weighted by Gasteiger charge is -2.29. The van der Waals surface area contributed by atoms with Gasteiger partial charge in [-0.3, -0.25) is 4.79 Å². The number of fused-ring (bicyclic) bond motifs is 1. The van der Waals surface area contributed by atoms with Crippen LogP contribution < -0.4 is 10.2 Å². The van der Waals surface area contributed by atoms with Crippen molar-refractivity contribution >= 4 is 50.6 Å². The van der Waals surface area contributed by atoms with Crippen LogP contribution in [0.2, 0.25) is 0 Å². The maximum atomic E-state index is 14.4. The Labute approximate surface area is 164 Å². The number of carbonyl (C=O) groups excluding carboxylic acids is 1. The van der Waals surface area contributed by atoms with Crippen molar-refractivity contribution in [3.8, 4) is 0 Å². The van der Waals surface area contributed by atoms with Crippen LogP contribution in [0.1, 0.15) is 0 Å². The third kappa shape index (κ3) is 4.40. The van der Waals surface area contributed by atoms with Crippen LogP contribution in [0.3, 0.4) is 0 Å². The highest BCUT2D eigenvalue weighted by atomic mass is 32.2. The van der Waals surface area contributed by atoms with Crippen molar-refractivity contribution < 1.29 is 13.9 Å². The van der Waals surface area contributed by atoms with E-state index < -0.39 is 0 Å². The molecule has 0 saturated carbocycles. The van der Waals surface area contributed by atoms with E-state index in [0.29, 0.717) is 37.7 Å². The van der Waals surface area contributed by atoms with Gasteiger partial charge in [0.2, 0.25) is 5.91 Å². The molecule has 2 aromatic carbocycles. The van der Waals surface area contributed by atoms with Gasteiger partial charge in [0, 0.05) is 18.8 Å². The van der Waals surface area contributed by atoms with Gasteiger partial charge in [-0.2, -0.15) is 0 Å². The quantitative estimate of drug-likeness (QED) is 0.653. The van der Waals surface area contributed by atoms with E-state index in [1.54, 1.807) is 23.5 Å². The molecule has 2 heterocycles. The number of benzene rings is 2. The molecule has 1 amide bonds. The number of hydrogen-bond donors (Lipinski definition) is 1. The summed E-state index contributed by atoms with van der Waals surface area (Å²) < 4.78 is 21.6. The van der Waals surface area contributed by atoms with Crippen molar-refractivity contribution in [2.45, 2.75) is 4.34 Å².